The number of aromatic amines is 1. The Kier molecular flexibility index (Phi) is 3.83. The average molecular weight is 257 g/mol. The van der Waals surface area contributed by atoms with Crippen LogP contribution in [-0.2, 0) is 6.54 Å². The molecule has 0 aliphatic heterocycles. The number of nitrogens with one attached hydrogen (secondary N) is 2. The third-order valence-electron chi connectivity index (χ3n) is 4.51. The van der Waals surface area contributed by atoms with Crippen LogP contribution in [0.2, 0.25) is 0 Å². The molecule has 2 aromatic heterocycles. The van der Waals surface area contributed by atoms with Crippen LogP contribution in [-0.4, -0.2) is 16.0 Å². The molecular weight excluding hydrogens is 234 g/mol. The largest absolute Gasteiger partial charge is 0.346 e. The zero-order valence-electron chi connectivity index (χ0n) is 11.7. The molecule has 1 aliphatic rings. The fourth-order valence-corrected chi connectivity index (χ4v) is 3.23. The lowest BCUT2D eigenvalue weighted by Gasteiger charge is -2.28. The summed E-state index contributed by atoms with van der Waals surface area (Å²) in [5.41, 5.74) is 2.32. The highest BCUT2D eigenvalue weighted by Gasteiger charge is 2.19. The smallest absolute Gasteiger partial charge is 0.137 e. The molecule has 3 heteroatoms. The first-order valence-corrected chi connectivity index (χ1v) is 7.49. The quantitative estimate of drug-likeness (QED) is 0.878. The van der Waals surface area contributed by atoms with Crippen molar-refractivity contribution in [3.8, 4) is 0 Å². The monoisotopic (exact) mass is 257 g/mol. The minimum atomic E-state index is 0.613. The van der Waals surface area contributed by atoms with Crippen LogP contribution in [0.1, 0.15) is 44.6 Å². The van der Waals surface area contributed by atoms with Crippen LogP contribution in [0.25, 0.3) is 11.0 Å². The fraction of sp³-hybridized carbons (Fsp3) is 0.562. The summed E-state index contributed by atoms with van der Waals surface area (Å²) < 4.78 is 0. The van der Waals surface area contributed by atoms with Crippen molar-refractivity contribution in [2.24, 2.45) is 5.92 Å². The van der Waals surface area contributed by atoms with Crippen molar-refractivity contribution < 1.29 is 0 Å². The fourth-order valence-electron chi connectivity index (χ4n) is 3.23. The van der Waals surface area contributed by atoms with Gasteiger partial charge in [0.15, 0.2) is 0 Å². The van der Waals surface area contributed by atoms with E-state index in [4.69, 9.17) is 0 Å². The van der Waals surface area contributed by atoms with Gasteiger partial charge in [0.2, 0.25) is 0 Å². The Balaban J connectivity index is 1.62. The second kappa shape index (κ2) is 5.74. The molecule has 0 saturated heterocycles. The van der Waals surface area contributed by atoms with Crippen molar-refractivity contribution in [3.05, 3.63) is 30.1 Å². The summed E-state index contributed by atoms with van der Waals surface area (Å²) in [5, 5.41) is 4.94. The Morgan fingerprint density at radius 2 is 2.21 bits per heavy atom. The van der Waals surface area contributed by atoms with Gasteiger partial charge in [-0.1, -0.05) is 19.3 Å². The molecule has 102 valence electrons. The highest BCUT2D eigenvalue weighted by molar-refractivity contribution is 5.79. The first-order valence-electron chi connectivity index (χ1n) is 7.49. The van der Waals surface area contributed by atoms with E-state index in [0.29, 0.717) is 6.04 Å². The number of H-pyrrole nitrogens is 1. The topological polar surface area (TPSA) is 40.7 Å². The number of fused-ring (bicyclic) bond motifs is 1. The Labute approximate surface area is 114 Å². The van der Waals surface area contributed by atoms with Crippen molar-refractivity contribution >= 4 is 11.0 Å². The maximum absolute atomic E-state index is 4.34. The van der Waals surface area contributed by atoms with E-state index < -0.39 is 0 Å². The van der Waals surface area contributed by atoms with Gasteiger partial charge in [0, 0.05) is 30.4 Å². The standard InChI is InChI=1S/C16H23N3/c1-12(13-6-3-2-4-7-13)18-10-14-11-19-16-15(14)8-5-9-17-16/h5,8-9,11-13,18H,2-4,6-7,10H2,1H3,(H,17,19). The number of hydrogen-bond donors (Lipinski definition) is 2. The molecular formula is C16H23N3. The Morgan fingerprint density at radius 3 is 3.05 bits per heavy atom. The van der Waals surface area contributed by atoms with Crippen LogP contribution in [0.5, 0.6) is 0 Å². The Bertz CT molecular complexity index is 526. The Hall–Kier alpha value is -1.35. The molecule has 0 spiro atoms. The highest BCUT2D eigenvalue weighted by Crippen LogP contribution is 2.26. The van der Waals surface area contributed by atoms with E-state index in [-0.39, 0.29) is 0 Å². The molecule has 3 nitrogen and oxygen atoms in total. The summed E-state index contributed by atoms with van der Waals surface area (Å²) in [7, 11) is 0. The van der Waals surface area contributed by atoms with Gasteiger partial charge in [-0.2, -0.15) is 0 Å². The maximum Gasteiger partial charge on any atom is 0.137 e. The van der Waals surface area contributed by atoms with E-state index in [2.05, 4.69) is 34.5 Å². The van der Waals surface area contributed by atoms with Crippen LogP contribution in [0.3, 0.4) is 0 Å². The zero-order chi connectivity index (χ0) is 13.1. The predicted molar refractivity (Wildman–Crippen MR) is 79.0 cm³/mol. The lowest BCUT2D eigenvalue weighted by atomic mass is 9.84. The van der Waals surface area contributed by atoms with Crippen LogP contribution >= 0.6 is 0 Å². The Morgan fingerprint density at radius 1 is 1.37 bits per heavy atom. The maximum atomic E-state index is 4.34. The van der Waals surface area contributed by atoms with Gasteiger partial charge >= 0.3 is 0 Å². The van der Waals surface area contributed by atoms with Crippen LogP contribution < -0.4 is 5.32 Å². The summed E-state index contributed by atoms with van der Waals surface area (Å²) in [6.45, 7) is 3.27. The van der Waals surface area contributed by atoms with Gasteiger partial charge in [-0.25, -0.2) is 4.98 Å². The lowest BCUT2D eigenvalue weighted by Crippen LogP contribution is -2.34. The first kappa shape index (κ1) is 12.7. The summed E-state index contributed by atoms with van der Waals surface area (Å²) >= 11 is 0. The molecule has 19 heavy (non-hydrogen) atoms. The number of nitrogens with zero attached hydrogens (tertiary/aromatic N) is 1. The highest BCUT2D eigenvalue weighted by atomic mass is 14.9. The van der Waals surface area contributed by atoms with E-state index in [1.807, 2.05) is 12.3 Å². The molecule has 1 atom stereocenters. The molecule has 1 unspecified atom stereocenters. The summed E-state index contributed by atoms with van der Waals surface area (Å²) in [6, 6.07) is 4.76. The normalized spacial score (nSPS) is 18.8. The van der Waals surface area contributed by atoms with Gasteiger partial charge in [0.05, 0.1) is 0 Å². The third kappa shape index (κ3) is 2.81. The van der Waals surface area contributed by atoms with Crippen molar-refractivity contribution in [2.45, 2.75) is 51.6 Å². The molecule has 1 aliphatic carbocycles. The number of aromatic nitrogens is 2. The molecule has 2 heterocycles. The van der Waals surface area contributed by atoms with Gasteiger partial charge in [-0.3, -0.25) is 0 Å². The van der Waals surface area contributed by atoms with E-state index in [1.165, 1.54) is 43.1 Å². The van der Waals surface area contributed by atoms with E-state index >= 15 is 0 Å². The van der Waals surface area contributed by atoms with Gasteiger partial charge in [0.25, 0.3) is 0 Å². The molecule has 0 aromatic carbocycles. The molecule has 0 bridgehead atoms. The molecule has 2 aromatic rings. The lowest BCUT2D eigenvalue weighted by molar-refractivity contribution is 0.281. The number of rotatable bonds is 4. The van der Waals surface area contributed by atoms with Gasteiger partial charge < -0.3 is 10.3 Å². The van der Waals surface area contributed by atoms with Crippen LogP contribution in [0.15, 0.2) is 24.5 Å². The molecule has 1 fully saturated rings. The van der Waals surface area contributed by atoms with Crippen molar-refractivity contribution in [3.63, 3.8) is 0 Å². The SMILES string of the molecule is CC(NCc1c[nH]c2ncccc12)C1CCCCC1. The molecule has 0 amide bonds. The number of pyridine rings is 1. The number of hydrogen-bond acceptors (Lipinski definition) is 2. The minimum absolute atomic E-state index is 0.613. The van der Waals surface area contributed by atoms with Gasteiger partial charge in [0.1, 0.15) is 5.65 Å². The molecule has 3 rings (SSSR count). The van der Waals surface area contributed by atoms with Gasteiger partial charge in [-0.05, 0) is 43.4 Å². The zero-order valence-corrected chi connectivity index (χ0v) is 11.7. The van der Waals surface area contributed by atoms with Crippen LogP contribution in [0.4, 0.5) is 0 Å². The van der Waals surface area contributed by atoms with E-state index in [1.54, 1.807) is 0 Å². The summed E-state index contributed by atoms with van der Waals surface area (Å²) in [6.07, 6.45) is 10.9. The molecule has 0 radical (unpaired) electrons. The first-order chi connectivity index (χ1) is 9.34. The van der Waals surface area contributed by atoms with E-state index in [9.17, 15) is 0 Å². The predicted octanol–water partition coefficient (Wildman–Crippen LogP) is 3.62. The second-order valence-electron chi connectivity index (χ2n) is 5.78. The molecule has 1 saturated carbocycles. The van der Waals surface area contributed by atoms with Crippen molar-refractivity contribution in [1.29, 1.82) is 0 Å². The minimum Gasteiger partial charge on any atom is -0.346 e. The van der Waals surface area contributed by atoms with Crippen molar-refractivity contribution in [2.75, 3.05) is 0 Å². The average Bonchev–Trinajstić information content (AvgIpc) is 2.89. The van der Waals surface area contributed by atoms with Crippen molar-refractivity contribution in [1.82, 2.24) is 15.3 Å². The summed E-state index contributed by atoms with van der Waals surface area (Å²) in [4.78, 5) is 7.58. The van der Waals surface area contributed by atoms with Crippen LogP contribution in [0, 0.1) is 5.92 Å². The van der Waals surface area contributed by atoms with Gasteiger partial charge in [-0.15, -0.1) is 0 Å². The summed E-state index contributed by atoms with van der Waals surface area (Å²) in [5.74, 6) is 0.858. The second-order valence-corrected chi connectivity index (χ2v) is 5.78. The van der Waals surface area contributed by atoms with E-state index in [0.717, 1.165) is 18.1 Å². The third-order valence-corrected chi connectivity index (χ3v) is 4.51. The molecule has 2 N–H and O–H groups in total.